The Morgan fingerprint density at radius 3 is 2.27 bits per heavy atom. The van der Waals surface area contributed by atoms with Gasteiger partial charge in [0.15, 0.2) is 19.7 Å². The minimum Gasteiger partial charge on any atom is -0.369 e. The number of benzene rings is 2. The van der Waals surface area contributed by atoms with Crippen molar-refractivity contribution in [2.75, 3.05) is 42.6 Å². The van der Waals surface area contributed by atoms with Crippen molar-refractivity contribution in [3.63, 3.8) is 0 Å². The Labute approximate surface area is 183 Å². The van der Waals surface area contributed by atoms with Gasteiger partial charge in [-0.05, 0) is 48.9 Å². The molecule has 4 rings (SSSR count). The first-order valence-electron chi connectivity index (χ1n) is 9.91. The molecule has 6 nitrogen and oxygen atoms in total. The summed E-state index contributed by atoms with van der Waals surface area (Å²) in [6.45, 7) is 4.76. The van der Waals surface area contributed by atoms with Gasteiger partial charge in [0.1, 0.15) is 0 Å². The van der Waals surface area contributed by atoms with Crippen LogP contribution >= 0.6 is 11.6 Å². The highest BCUT2D eigenvalue weighted by Gasteiger charge is 2.48. The van der Waals surface area contributed by atoms with Crippen molar-refractivity contribution in [2.24, 2.45) is 0 Å². The van der Waals surface area contributed by atoms with Gasteiger partial charge < -0.3 is 4.90 Å². The molecule has 2 fully saturated rings. The number of hydrogen-bond acceptors (Lipinski definition) is 6. The molecule has 30 heavy (non-hydrogen) atoms. The molecule has 162 valence electrons. The van der Waals surface area contributed by atoms with E-state index in [1.807, 2.05) is 11.0 Å². The highest BCUT2D eigenvalue weighted by Crippen LogP contribution is 2.31. The number of aryl methyl sites for hydroxylation is 1. The van der Waals surface area contributed by atoms with E-state index in [1.54, 1.807) is 0 Å². The summed E-state index contributed by atoms with van der Waals surface area (Å²) in [5, 5.41) is -0.522. The molecule has 2 saturated heterocycles. The van der Waals surface area contributed by atoms with Crippen LogP contribution in [0.4, 0.5) is 5.69 Å². The van der Waals surface area contributed by atoms with E-state index in [1.165, 1.54) is 29.8 Å². The van der Waals surface area contributed by atoms with E-state index in [-0.39, 0.29) is 16.4 Å². The minimum atomic E-state index is -3.79. The lowest BCUT2D eigenvalue weighted by Gasteiger charge is -2.40. The van der Waals surface area contributed by atoms with Crippen molar-refractivity contribution in [3.05, 3.63) is 59.1 Å². The van der Waals surface area contributed by atoms with Gasteiger partial charge in [0.05, 0.1) is 21.7 Å². The fourth-order valence-corrected chi connectivity index (χ4v) is 9.32. The van der Waals surface area contributed by atoms with Crippen molar-refractivity contribution < 1.29 is 16.8 Å². The maximum Gasteiger partial charge on any atom is 0.183 e. The van der Waals surface area contributed by atoms with E-state index in [9.17, 15) is 16.8 Å². The highest BCUT2D eigenvalue weighted by atomic mass is 35.5. The topological polar surface area (TPSA) is 74.8 Å². The summed E-state index contributed by atoms with van der Waals surface area (Å²) >= 11 is 5.89. The Morgan fingerprint density at radius 2 is 1.63 bits per heavy atom. The quantitative estimate of drug-likeness (QED) is 0.686. The zero-order valence-electron chi connectivity index (χ0n) is 16.7. The number of anilines is 1. The Balaban J connectivity index is 1.54. The third-order valence-electron chi connectivity index (χ3n) is 5.96. The number of sulfone groups is 2. The number of nitrogens with zero attached hydrogens (tertiary/aromatic N) is 2. The van der Waals surface area contributed by atoms with E-state index >= 15 is 0 Å². The molecule has 2 aliphatic rings. The first kappa shape index (κ1) is 21.6. The molecule has 2 atom stereocenters. The van der Waals surface area contributed by atoms with Crippen LogP contribution in [0.5, 0.6) is 0 Å². The summed E-state index contributed by atoms with van der Waals surface area (Å²) in [5.41, 5.74) is 2.32. The molecule has 0 saturated carbocycles. The van der Waals surface area contributed by atoms with Crippen molar-refractivity contribution >= 4 is 37.0 Å². The first-order chi connectivity index (χ1) is 14.2. The second kappa shape index (κ2) is 8.15. The van der Waals surface area contributed by atoms with Crippen molar-refractivity contribution in [1.82, 2.24) is 4.90 Å². The van der Waals surface area contributed by atoms with Gasteiger partial charge in [0, 0.05) is 42.9 Å². The first-order valence-corrected chi connectivity index (χ1v) is 13.7. The molecule has 0 radical (unpaired) electrons. The standard InChI is InChI=1S/C21H25ClN2O4S2/c1-16-3-2-4-18(13-16)23-9-11-24(12-10-23)20-14-29(25,26)15-21(20)30(27,28)19-7-5-17(22)6-8-19/h2-8,13,20-21H,9-12,14-15H2,1H3/t20-,21-/m0/s1. The monoisotopic (exact) mass is 468 g/mol. The van der Waals surface area contributed by atoms with Crippen molar-refractivity contribution in [3.8, 4) is 0 Å². The van der Waals surface area contributed by atoms with Crippen LogP contribution in [0, 0.1) is 6.92 Å². The molecule has 0 bridgehead atoms. The van der Waals surface area contributed by atoms with Gasteiger partial charge in [0.2, 0.25) is 0 Å². The van der Waals surface area contributed by atoms with Gasteiger partial charge in [-0.15, -0.1) is 0 Å². The summed E-state index contributed by atoms with van der Waals surface area (Å²) in [6.07, 6.45) is 0. The average Bonchev–Trinajstić information content (AvgIpc) is 3.05. The molecule has 9 heteroatoms. The summed E-state index contributed by atoms with van der Waals surface area (Å²) in [7, 11) is -7.21. The molecule has 2 aromatic carbocycles. The highest BCUT2D eigenvalue weighted by molar-refractivity contribution is 7.96. The van der Waals surface area contributed by atoms with Gasteiger partial charge in [-0.1, -0.05) is 23.7 Å². The SMILES string of the molecule is Cc1cccc(N2CCN([C@H]3CS(=O)(=O)C[C@@H]3S(=O)(=O)c3ccc(Cl)cc3)CC2)c1. The fraction of sp³-hybridized carbons (Fsp3) is 0.429. The van der Waals surface area contributed by atoms with Gasteiger partial charge in [0.25, 0.3) is 0 Å². The molecule has 2 aliphatic heterocycles. The van der Waals surface area contributed by atoms with E-state index in [0.29, 0.717) is 18.1 Å². The van der Waals surface area contributed by atoms with Gasteiger partial charge >= 0.3 is 0 Å². The largest absolute Gasteiger partial charge is 0.369 e. The molecular weight excluding hydrogens is 444 g/mol. The van der Waals surface area contributed by atoms with Gasteiger partial charge in [-0.25, -0.2) is 16.8 Å². The van der Waals surface area contributed by atoms with Crippen LogP contribution < -0.4 is 4.90 Å². The number of rotatable bonds is 4. The van der Waals surface area contributed by atoms with E-state index in [2.05, 4.69) is 30.0 Å². The fourth-order valence-electron chi connectivity index (χ4n) is 4.37. The molecule has 0 spiro atoms. The van der Waals surface area contributed by atoms with Crippen LogP contribution in [0.15, 0.2) is 53.4 Å². The lowest BCUT2D eigenvalue weighted by atomic mass is 10.1. The van der Waals surface area contributed by atoms with Gasteiger partial charge in [-0.2, -0.15) is 0 Å². The lowest BCUT2D eigenvalue weighted by Crippen LogP contribution is -2.55. The maximum atomic E-state index is 13.3. The Morgan fingerprint density at radius 1 is 0.967 bits per heavy atom. The molecule has 0 aromatic heterocycles. The third-order valence-corrected chi connectivity index (χ3v) is 10.3. The number of halogens is 1. The smallest absolute Gasteiger partial charge is 0.183 e. The summed E-state index contributed by atoms with van der Waals surface area (Å²) in [5.74, 6) is -0.449. The van der Waals surface area contributed by atoms with Crippen LogP contribution in [-0.4, -0.2) is 70.7 Å². The zero-order valence-corrected chi connectivity index (χ0v) is 19.1. The minimum absolute atomic E-state index is 0.116. The van der Waals surface area contributed by atoms with E-state index < -0.39 is 31.0 Å². The summed E-state index contributed by atoms with van der Waals surface area (Å²) < 4.78 is 51.4. The van der Waals surface area contributed by atoms with Crippen LogP contribution in [-0.2, 0) is 19.7 Å². The van der Waals surface area contributed by atoms with E-state index in [0.717, 1.165) is 18.8 Å². The molecule has 0 aliphatic carbocycles. The molecule has 0 unspecified atom stereocenters. The Kier molecular flexibility index (Phi) is 5.87. The second-order valence-electron chi connectivity index (χ2n) is 8.04. The van der Waals surface area contributed by atoms with Crippen LogP contribution in [0.2, 0.25) is 5.02 Å². The normalized spacial score (nSPS) is 24.8. The van der Waals surface area contributed by atoms with Crippen LogP contribution in [0.3, 0.4) is 0 Å². The third kappa shape index (κ3) is 4.37. The van der Waals surface area contributed by atoms with Crippen LogP contribution in [0.1, 0.15) is 5.56 Å². The summed E-state index contributed by atoms with van der Waals surface area (Å²) in [6, 6.07) is 13.7. The number of piperazine rings is 1. The Hall–Kier alpha value is -1.61. The summed E-state index contributed by atoms with van der Waals surface area (Å²) in [4.78, 5) is 4.42. The van der Waals surface area contributed by atoms with Gasteiger partial charge in [-0.3, -0.25) is 4.90 Å². The second-order valence-corrected chi connectivity index (χ2v) is 12.8. The number of hydrogen-bond donors (Lipinski definition) is 0. The predicted molar refractivity (Wildman–Crippen MR) is 120 cm³/mol. The van der Waals surface area contributed by atoms with E-state index in [4.69, 9.17) is 11.6 Å². The Bertz CT molecular complexity index is 1130. The van der Waals surface area contributed by atoms with Crippen molar-refractivity contribution in [1.29, 1.82) is 0 Å². The average molecular weight is 469 g/mol. The lowest BCUT2D eigenvalue weighted by molar-refractivity contribution is 0.201. The molecule has 2 heterocycles. The van der Waals surface area contributed by atoms with Crippen molar-refractivity contribution in [2.45, 2.75) is 23.1 Å². The maximum absolute atomic E-state index is 13.3. The molecule has 0 N–H and O–H groups in total. The molecule has 2 aromatic rings. The van der Waals surface area contributed by atoms with Crippen LogP contribution in [0.25, 0.3) is 0 Å². The molecular formula is C21H25ClN2O4S2. The predicted octanol–water partition coefficient (Wildman–Crippen LogP) is 2.41. The zero-order chi connectivity index (χ0) is 21.5. The molecule has 0 amide bonds.